The standard InChI is InChI=1S/C13H7ClF3NO2/c1-6-4-10(19)7(13(14)20)5-18(6)9-3-2-8(15)11(16)12(9)17/h2-5H,1H3. The Morgan fingerprint density at radius 1 is 1.20 bits per heavy atom. The fourth-order valence-electron chi connectivity index (χ4n) is 1.74. The van der Waals surface area contributed by atoms with Crippen LogP contribution in [0.15, 0.2) is 29.2 Å². The van der Waals surface area contributed by atoms with Gasteiger partial charge in [-0.2, -0.15) is 0 Å². The van der Waals surface area contributed by atoms with Crippen molar-refractivity contribution in [1.29, 1.82) is 0 Å². The Labute approximate surface area is 116 Å². The summed E-state index contributed by atoms with van der Waals surface area (Å²) in [6, 6.07) is 2.79. The highest BCUT2D eigenvalue weighted by Crippen LogP contribution is 2.20. The minimum atomic E-state index is -1.64. The van der Waals surface area contributed by atoms with Gasteiger partial charge in [0.1, 0.15) is 0 Å². The van der Waals surface area contributed by atoms with E-state index in [1.54, 1.807) is 0 Å². The fourth-order valence-corrected chi connectivity index (χ4v) is 1.88. The Kier molecular flexibility index (Phi) is 3.67. The van der Waals surface area contributed by atoms with Crippen molar-refractivity contribution < 1.29 is 18.0 Å². The summed E-state index contributed by atoms with van der Waals surface area (Å²) in [6.45, 7) is 1.45. The molecule has 20 heavy (non-hydrogen) atoms. The van der Waals surface area contributed by atoms with Crippen LogP contribution in [0.1, 0.15) is 16.1 Å². The molecule has 0 unspecified atom stereocenters. The predicted molar refractivity (Wildman–Crippen MR) is 66.8 cm³/mol. The van der Waals surface area contributed by atoms with Crippen LogP contribution in [0.4, 0.5) is 13.2 Å². The smallest absolute Gasteiger partial charge is 0.257 e. The molecule has 7 heteroatoms. The lowest BCUT2D eigenvalue weighted by atomic mass is 10.2. The van der Waals surface area contributed by atoms with E-state index in [0.717, 1.165) is 29.0 Å². The fraction of sp³-hybridized carbons (Fsp3) is 0.0769. The second-order valence-electron chi connectivity index (χ2n) is 4.03. The van der Waals surface area contributed by atoms with Crippen molar-refractivity contribution in [3.05, 3.63) is 63.3 Å². The van der Waals surface area contributed by atoms with Gasteiger partial charge in [-0.3, -0.25) is 9.59 Å². The molecular weight excluding hydrogens is 295 g/mol. The monoisotopic (exact) mass is 301 g/mol. The number of benzene rings is 1. The van der Waals surface area contributed by atoms with Crippen LogP contribution in [0.25, 0.3) is 5.69 Å². The van der Waals surface area contributed by atoms with Crippen LogP contribution in [0, 0.1) is 24.4 Å². The highest BCUT2D eigenvalue weighted by atomic mass is 35.5. The molecule has 0 spiro atoms. The number of aromatic nitrogens is 1. The SMILES string of the molecule is Cc1cc(=O)c(C(=O)Cl)cn1-c1ccc(F)c(F)c1F. The average molecular weight is 302 g/mol. The van der Waals surface area contributed by atoms with E-state index in [1.807, 2.05) is 0 Å². The maximum absolute atomic E-state index is 13.7. The van der Waals surface area contributed by atoms with Gasteiger partial charge >= 0.3 is 0 Å². The molecule has 0 saturated carbocycles. The van der Waals surface area contributed by atoms with Gasteiger partial charge in [-0.25, -0.2) is 13.2 Å². The third-order valence-corrected chi connectivity index (χ3v) is 2.93. The summed E-state index contributed by atoms with van der Waals surface area (Å²) < 4.78 is 40.9. The molecular formula is C13H7ClF3NO2. The number of halogens is 4. The molecule has 0 amide bonds. The third-order valence-electron chi connectivity index (χ3n) is 2.73. The van der Waals surface area contributed by atoms with Crippen LogP contribution in [0.3, 0.4) is 0 Å². The number of aryl methyl sites for hydroxylation is 1. The molecule has 1 heterocycles. The maximum atomic E-state index is 13.7. The lowest BCUT2D eigenvalue weighted by Gasteiger charge is -2.13. The van der Waals surface area contributed by atoms with Crippen molar-refractivity contribution >= 4 is 16.8 Å². The number of carbonyl (C=O) groups excluding carboxylic acids is 1. The summed E-state index contributed by atoms with van der Waals surface area (Å²) in [5, 5.41) is -1.02. The molecule has 0 aliphatic heterocycles. The van der Waals surface area contributed by atoms with Gasteiger partial charge in [0.15, 0.2) is 22.9 Å². The summed E-state index contributed by atoms with van der Waals surface area (Å²) in [5.74, 6) is -4.40. The van der Waals surface area contributed by atoms with Crippen LogP contribution in [0.2, 0.25) is 0 Å². The summed E-state index contributed by atoms with van der Waals surface area (Å²) in [4.78, 5) is 22.6. The van der Waals surface area contributed by atoms with Crippen LogP contribution < -0.4 is 5.43 Å². The Balaban J connectivity index is 2.77. The van der Waals surface area contributed by atoms with Crippen molar-refractivity contribution in [2.45, 2.75) is 6.92 Å². The normalized spacial score (nSPS) is 10.7. The highest BCUT2D eigenvalue weighted by Gasteiger charge is 2.17. The van der Waals surface area contributed by atoms with Crippen molar-refractivity contribution in [1.82, 2.24) is 4.57 Å². The first-order valence-electron chi connectivity index (χ1n) is 5.40. The molecule has 1 aromatic carbocycles. The minimum Gasteiger partial charge on any atom is -0.317 e. The number of hydrogen-bond donors (Lipinski definition) is 0. The molecule has 2 rings (SSSR count). The number of hydrogen-bond acceptors (Lipinski definition) is 2. The molecule has 104 valence electrons. The van der Waals surface area contributed by atoms with E-state index in [4.69, 9.17) is 11.6 Å². The zero-order valence-corrected chi connectivity index (χ0v) is 10.8. The van der Waals surface area contributed by atoms with E-state index < -0.39 is 28.1 Å². The van der Waals surface area contributed by atoms with E-state index in [0.29, 0.717) is 0 Å². The van der Waals surface area contributed by atoms with Gasteiger partial charge < -0.3 is 4.57 Å². The molecule has 0 atom stereocenters. The van der Waals surface area contributed by atoms with Crippen molar-refractivity contribution in [3.8, 4) is 5.69 Å². The maximum Gasteiger partial charge on any atom is 0.257 e. The van der Waals surface area contributed by atoms with E-state index in [-0.39, 0.29) is 16.9 Å². The van der Waals surface area contributed by atoms with E-state index in [1.165, 1.54) is 6.92 Å². The molecule has 0 aliphatic rings. The molecule has 0 fully saturated rings. The van der Waals surface area contributed by atoms with Gasteiger partial charge in [0.25, 0.3) is 5.24 Å². The Bertz CT molecular complexity index is 771. The van der Waals surface area contributed by atoms with Gasteiger partial charge in [0, 0.05) is 18.0 Å². The quantitative estimate of drug-likeness (QED) is 0.632. The zero-order valence-electron chi connectivity index (χ0n) is 10.1. The zero-order chi connectivity index (χ0) is 15.0. The first-order chi connectivity index (χ1) is 9.32. The van der Waals surface area contributed by atoms with Gasteiger partial charge in [-0.1, -0.05) is 0 Å². The van der Waals surface area contributed by atoms with Crippen LogP contribution in [-0.4, -0.2) is 9.81 Å². The molecule has 0 aliphatic carbocycles. The molecule has 0 radical (unpaired) electrons. The number of carbonyl (C=O) groups is 1. The first-order valence-corrected chi connectivity index (χ1v) is 5.77. The van der Waals surface area contributed by atoms with E-state index in [2.05, 4.69) is 0 Å². The van der Waals surface area contributed by atoms with Gasteiger partial charge in [-0.05, 0) is 30.7 Å². The molecule has 0 saturated heterocycles. The summed E-state index contributed by atoms with van der Waals surface area (Å²) in [7, 11) is 0. The Hall–Kier alpha value is -2.08. The number of pyridine rings is 1. The van der Waals surface area contributed by atoms with Crippen LogP contribution in [0.5, 0.6) is 0 Å². The summed E-state index contributed by atoms with van der Waals surface area (Å²) in [5.41, 5.74) is -1.12. The Morgan fingerprint density at radius 3 is 2.45 bits per heavy atom. The minimum absolute atomic E-state index is 0.238. The van der Waals surface area contributed by atoms with E-state index in [9.17, 15) is 22.8 Å². The van der Waals surface area contributed by atoms with E-state index >= 15 is 0 Å². The summed E-state index contributed by atoms with van der Waals surface area (Å²) >= 11 is 5.24. The van der Waals surface area contributed by atoms with Crippen LogP contribution >= 0.6 is 11.6 Å². The lowest BCUT2D eigenvalue weighted by Crippen LogP contribution is -2.17. The number of nitrogens with zero attached hydrogens (tertiary/aromatic N) is 1. The molecule has 0 N–H and O–H groups in total. The van der Waals surface area contributed by atoms with Crippen molar-refractivity contribution in [2.24, 2.45) is 0 Å². The topological polar surface area (TPSA) is 39.1 Å². The predicted octanol–water partition coefficient (Wildman–Crippen LogP) is 2.94. The number of rotatable bonds is 2. The van der Waals surface area contributed by atoms with Gasteiger partial charge in [-0.15, -0.1) is 0 Å². The van der Waals surface area contributed by atoms with Gasteiger partial charge in [0.2, 0.25) is 0 Å². The highest BCUT2D eigenvalue weighted by molar-refractivity contribution is 6.67. The third kappa shape index (κ3) is 2.34. The lowest BCUT2D eigenvalue weighted by molar-refractivity contribution is 0.108. The van der Waals surface area contributed by atoms with Gasteiger partial charge in [0.05, 0.1) is 11.3 Å². The first kappa shape index (κ1) is 14.3. The molecule has 1 aromatic heterocycles. The molecule has 3 nitrogen and oxygen atoms in total. The average Bonchev–Trinajstić information content (AvgIpc) is 2.37. The second kappa shape index (κ2) is 5.13. The van der Waals surface area contributed by atoms with Crippen LogP contribution in [-0.2, 0) is 0 Å². The molecule has 0 bridgehead atoms. The Morgan fingerprint density at radius 2 is 1.85 bits per heavy atom. The largest absolute Gasteiger partial charge is 0.317 e. The van der Waals surface area contributed by atoms with Crippen molar-refractivity contribution in [3.63, 3.8) is 0 Å². The molecule has 2 aromatic rings. The van der Waals surface area contributed by atoms with Crippen molar-refractivity contribution in [2.75, 3.05) is 0 Å². The summed E-state index contributed by atoms with van der Waals surface area (Å²) in [6.07, 6.45) is 0.989. The second-order valence-corrected chi connectivity index (χ2v) is 4.37.